The van der Waals surface area contributed by atoms with Crippen LogP contribution in [0.3, 0.4) is 0 Å². The molecule has 2 aliphatic heterocycles. The van der Waals surface area contributed by atoms with Gasteiger partial charge in [0.05, 0.1) is 26.4 Å². The first-order chi connectivity index (χ1) is 11.2. The van der Waals surface area contributed by atoms with Crippen LogP contribution in [0.4, 0.5) is 0 Å². The Kier molecular flexibility index (Phi) is 4.13. The third-order valence-corrected chi connectivity index (χ3v) is 3.70. The van der Waals surface area contributed by atoms with E-state index in [1.807, 2.05) is 0 Å². The van der Waals surface area contributed by atoms with E-state index in [0.29, 0.717) is 26.4 Å². The van der Waals surface area contributed by atoms with Crippen molar-refractivity contribution in [3.63, 3.8) is 0 Å². The molecule has 0 N–H and O–H groups in total. The molecular formula is C20H20O4. The topological polar surface area (TPSA) is 36.9 Å². The van der Waals surface area contributed by atoms with Gasteiger partial charge in [-0.25, -0.2) is 0 Å². The summed E-state index contributed by atoms with van der Waals surface area (Å²) in [5.41, 5.74) is -0.135. The number of rotatable bonds is 0. The summed E-state index contributed by atoms with van der Waals surface area (Å²) in [6.45, 7) is 10.2. The number of hydrogen-bond acceptors (Lipinski definition) is 4. The normalized spacial score (nSPS) is 27.2. The highest BCUT2D eigenvalue weighted by Crippen LogP contribution is 2.30. The lowest BCUT2D eigenvalue weighted by molar-refractivity contribution is -0.235. The van der Waals surface area contributed by atoms with E-state index in [-0.39, 0.29) is 10.8 Å². The molecule has 0 unspecified atom stereocenters. The van der Waals surface area contributed by atoms with E-state index in [2.05, 4.69) is 75.1 Å². The van der Waals surface area contributed by atoms with E-state index in [1.165, 1.54) is 0 Å². The Morgan fingerprint density at radius 2 is 0.750 bits per heavy atom. The Balaban J connectivity index is 1.83. The SMILES string of the molecule is CC1(C)COC2(C#CC#CC3(C#CC#C2)OCC(C)(C)CO3)OC1. The molecule has 0 aromatic carbocycles. The molecule has 0 aromatic heterocycles. The van der Waals surface area contributed by atoms with E-state index in [4.69, 9.17) is 18.9 Å². The second-order valence-electron chi connectivity index (χ2n) is 7.72. The molecule has 124 valence electrons. The summed E-state index contributed by atoms with van der Waals surface area (Å²) < 4.78 is 23.0. The molecule has 0 amide bonds. The van der Waals surface area contributed by atoms with E-state index in [1.54, 1.807) is 0 Å². The van der Waals surface area contributed by atoms with Crippen LogP contribution in [0.25, 0.3) is 0 Å². The standard InChI is InChI=1S/C20H20O4/c1-17(2)13-21-19(22-14-17)9-5-7-11-20(12-8-6-10-19)23-15-18(3,4)16-24-20/h13-16H2,1-4H3. The predicted octanol–water partition coefficient (Wildman–Crippen LogP) is 1.55. The first-order valence-electron chi connectivity index (χ1n) is 7.89. The van der Waals surface area contributed by atoms with Gasteiger partial charge in [0, 0.05) is 10.8 Å². The van der Waals surface area contributed by atoms with Crippen LogP contribution in [0, 0.1) is 58.2 Å². The maximum atomic E-state index is 5.75. The van der Waals surface area contributed by atoms with Crippen LogP contribution in [0.15, 0.2) is 0 Å². The van der Waals surface area contributed by atoms with E-state index >= 15 is 0 Å². The molecule has 4 heteroatoms. The molecule has 0 saturated carbocycles. The van der Waals surface area contributed by atoms with Gasteiger partial charge in [0.25, 0.3) is 0 Å². The Hall–Kier alpha value is -1.92. The monoisotopic (exact) mass is 324 g/mol. The molecule has 3 aliphatic rings. The zero-order valence-corrected chi connectivity index (χ0v) is 14.5. The highest BCUT2D eigenvalue weighted by Gasteiger charge is 2.40. The molecule has 0 aromatic rings. The molecule has 2 spiro atoms. The average molecular weight is 324 g/mol. The Labute approximate surface area is 143 Å². The van der Waals surface area contributed by atoms with Gasteiger partial charge in [-0.2, -0.15) is 0 Å². The second kappa shape index (κ2) is 5.86. The Morgan fingerprint density at radius 3 is 1.00 bits per heavy atom. The lowest BCUT2D eigenvalue weighted by Crippen LogP contribution is -2.46. The highest BCUT2D eigenvalue weighted by atomic mass is 16.7. The lowest BCUT2D eigenvalue weighted by Gasteiger charge is -2.37. The molecule has 3 rings (SSSR count). The summed E-state index contributed by atoms with van der Waals surface area (Å²) in [7, 11) is 0. The predicted molar refractivity (Wildman–Crippen MR) is 87.9 cm³/mol. The molecule has 0 radical (unpaired) electrons. The minimum Gasteiger partial charge on any atom is -0.329 e. The minimum atomic E-state index is -1.26. The molecule has 0 atom stereocenters. The maximum Gasteiger partial charge on any atom is 0.302 e. The van der Waals surface area contributed by atoms with Crippen molar-refractivity contribution >= 4 is 0 Å². The van der Waals surface area contributed by atoms with Gasteiger partial charge < -0.3 is 18.9 Å². The smallest absolute Gasteiger partial charge is 0.302 e. The van der Waals surface area contributed by atoms with Crippen LogP contribution in [0.1, 0.15) is 27.7 Å². The first-order valence-corrected chi connectivity index (χ1v) is 7.89. The number of hydrogen-bond donors (Lipinski definition) is 0. The summed E-state index contributed by atoms with van der Waals surface area (Å²) in [6, 6.07) is 0. The zero-order valence-electron chi connectivity index (χ0n) is 14.5. The largest absolute Gasteiger partial charge is 0.329 e. The highest BCUT2D eigenvalue weighted by molar-refractivity contribution is 5.44. The van der Waals surface area contributed by atoms with E-state index < -0.39 is 11.6 Å². The average Bonchev–Trinajstić information content (AvgIpc) is 2.54. The van der Waals surface area contributed by atoms with Crippen LogP contribution in [-0.2, 0) is 18.9 Å². The van der Waals surface area contributed by atoms with Gasteiger partial charge in [0.15, 0.2) is 0 Å². The Bertz CT molecular complexity index is 642. The molecule has 2 fully saturated rings. The van der Waals surface area contributed by atoms with E-state index in [0.717, 1.165) is 0 Å². The van der Waals surface area contributed by atoms with Crippen LogP contribution in [-0.4, -0.2) is 38.0 Å². The van der Waals surface area contributed by atoms with Gasteiger partial charge in [-0.05, 0) is 47.4 Å². The van der Waals surface area contributed by atoms with Gasteiger partial charge in [-0.3, -0.25) is 0 Å². The van der Waals surface area contributed by atoms with Crippen molar-refractivity contribution in [3.8, 4) is 47.4 Å². The summed E-state index contributed by atoms with van der Waals surface area (Å²) >= 11 is 0. The molecule has 0 bridgehead atoms. The van der Waals surface area contributed by atoms with Gasteiger partial charge in [0.2, 0.25) is 0 Å². The van der Waals surface area contributed by atoms with Crippen LogP contribution >= 0.6 is 0 Å². The zero-order chi connectivity index (χ0) is 17.3. The van der Waals surface area contributed by atoms with Crippen molar-refractivity contribution in [1.29, 1.82) is 0 Å². The van der Waals surface area contributed by atoms with Crippen molar-refractivity contribution in [3.05, 3.63) is 0 Å². The van der Waals surface area contributed by atoms with Gasteiger partial charge in [-0.1, -0.05) is 27.7 Å². The molecule has 2 saturated heterocycles. The fourth-order valence-electron chi connectivity index (χ4n) is 2.16. The summed E-state index contributed by atoms with van der Waals surface area (Å²) in [5, 5.41) is 0. The molecule has 2 heterocycles. The van der Waals surface area contributed by atoms with Crippen LogP contribution < -0.4 is 0 Å². The van der Waals surface area contributed by atoms with Gasteiger partial charge >= 0.3 is 11.6 Å². The van der Waals surface area contributed by atoms with Gasteiger partial charge in [0.1, 0.15) is 0 Å². The van der Waals surface area contributed by atoms with Gasteiger partial charge in [-0.15, -0.1) is 0 Å². The fraction of sp³-hybridized carbons (Fsp3) is 0.600. The third kappa shape index (κ3) is 3.76. The molecule has 1 aliphatic carbocycles. The van der Waals surface area contributed by atoms with Crippen molar-refractivity contribution in [2.75, 3.05) is 26.4 Å². The number of ether oxygens (including phenoxy) is 4. The van der Waals surface area contributed by atoms with Crippen molar-refractivity contribution < 1.29 is 18.9 Å². The summed E-state index contributed by atoms with van der Waals surface area (Å²) in [6.07, 6.45) is 0. The Morgan fingerprint density at radius 1 is 0.500 bits per heavy atom. The first kappa shape index (κ1) is 16.9. The van der Waals surface area contributed by atoms with Crippen molar-refractivity contribution in [2.45, 2.75) is 39.3 Å². The van der Waals surface area contributed by atoms with Crippen LogP contribution in [0.5, 0.6) is 0 Å². The lowest BCUT2D eigenvalue weighted by atomic mass is 9.94. The maximum absolute atomic E-state index is 5.75. The molecule has 24 heavy (non-hydrogen) atoms. The quantitative estimate of drug-likeness (QED) is 0.634. The minimum absolute atomic E-state index is 0.0675. The summed E-state index contributed by atoms with van der Waals surface area (Å²) in [4.78, 5) is 0. The second-order valence-corrected chi connectivity index (χ2v) is 7.72. The van der Waals surface area contributed by atoms with Crippen LogP contribution in [0.2, 0.25) is 0 Å². The van der Waals surface area contributed by atoms with E-state index in [9.17, 15) is 0 Å². The van der Waals surface area contributed by atoms with Crippen molar-refractivity contribution in [1.82, 2.24) is 0 Å². The fourth-order valence-corrected chi connectivity index (χ4v) is 2.16. The van der Waals surface area contributed by atoms with Crippen molar-refractivity contribution in [2.24, 2.45) is 10.8 Å². The molecule has 4 nitrogen and oxygen atoms in total. The summed E-state index contributed by atoms with van der Waals surface area (Å²) in [5.74, 6) is 19.9. The third-order valence-electron chi connectivity index (χ3n) is 3.70. The molecular weight excluding hydrogens is 304 g/mol.